The summed E-state index contributed by atoms with van der Waals surface area (Å²) in [4.78, 5) is 6.95. The zero-order valence-electron chi connectivity index (χ0n) is 13.8. The molecule has 2 aliphatic heterocycles. The van der Waals surface area contributed by atoms with E-state index in [1.165, 1.54) is 6.07 Å². The maximum Gasteiger partial charge on any atom is 0.185 e. The van der Waals surface area contributed by atoms with Crippen LogP contribution in [0.3, 0.4) is 0 Å². The predicted molar refractivity (Wildman–Crippen MR) is 94.5 cm³/mol. The molecule has 1 aromatic carbocycles. The van der Waals surface area contributed by atoms with Gasteiger partial charge in [0.05, 0.1) is 12.3 Å². The third-order valence-electron chi connectivity index (χ3n) is 4.82. The van der Waals surface area contributed by atoms with Crippen LogP contribution in [0.25, 0.3) is 0 Å². The van der Waals surface area contributed by atoms with E-state index in [9.17, 15) is 4.39 Å². The number of ether oxygens (including phenoxy) is 1. The van der Waals surface area contributed by atoms with E-state index in [0.29, 0.717) is 12.6 Å². The minimum Gasteiger partial charge on any atom is -0.493 e. The highest BCUT2D eigenvalue weighted by Gasteiger charge is 2.27. The fraction of sp³-hybridized carbons (Fsp3) is 0.500. The lowest BCUT2D eigenvalue weighted by molar-refractivity contribution is 0.236. The SMILES string of the molecule is Cc1csc(N2CCC(NC3CCOc4ccc(F)cc43)CC2)n1. The Balaban J connectivity index is 1.39. The molecule has 2 aliphatic rings. The number of halogens is 1. The van der Waals surface area contributed by atoms with Crippen molar-refractivity contribution in [3.63, 3.8) is 0 Å². The van der Waals surface area contributed by atoms with Gasteiger partial charge < -0.3 is 15.0 Å². The van der Waals surface area contributed by atoms with E-state index < -0.39 is 0 Å². The molecule has 0 radical (unpaired) electrons. The molecular formula is C18H22FN3OS. The second kappa shape index (κ2) is 6.69. The standard InChI is InChI=1S/C18H22FN3OS/c1-12-11-24-18(20-12)22-7-4-14(5-8-22)21-16-6-9-23-17-3-2-13(19)10-15(16)17/h2-3,10-11,14,16,21H,4-9H2,1H3. The zero-order valence-corrected chi connectivity index (χ0v) is 14.6. The third kappa shape index (κ3) is 3.26. The molecule has 0 saturated carbocycles. The molecule has 6 heteroatoms. The number of nitrogens with zero attached hydrogens (tertiary/aromatic N) is 2. The minimum absolute atomic E-state index is 0.183. The zero-order chi connectivity index (χ0) is 16.5. The van der Waals surface area contributed by atoms with Gasteiger partial charge >= 0.3 is 0 Å². The molecule has 1 saturated heterocycles. The Morgan fingerprint density at radius 3 is 2.88 bits per heavy atom. The molecule has 0 spiro atoms. The van der Waals surface area contributed by atoms with E-state index in [4.69, 9.17) is 4.74 Å². The fourth-order valence-electron chi connectivity index (χ4n) is 3.55. The summed E-state index contributed by atoms with van der Waals surface area (Å²) in [7, 11) is 0. The second-order valence-electron chi connectivity index (χ2n) is 6.57. The van der Waals surface area contributed by atoms with Gasteiger partial charge in [-0.15, -0.1) is 11.3 Å². The molecule has 3 heterocycles. The van der Waals surface area contributed by atoms with Gasteiger partial charge in [0, 0.05) is 42.5 Å². The van der Waals surface area contributed by atoms with E-state index in [-0.39, 0.29) is 11.9 Å². The minimum atomic E-state index is -0.194. The average Bonchev–Trinajstić information content (AvgIpc) is 3.03. The number of rotatable bonds is 3. The summed E-state index contributed by atoms with van der Waals surface area (Å²) < 4.78 is 19.2. The molecule has 0 aliphatic carbocycles. The van der Waals surface area contributed by atoms with Crippen molar-refractivity contribution in [3.05, 3.63) is 40.7 Å². The molecule has 1 N–H and O–H groups in total. The Labute approximate surface area is 145 Å². The molecule has 0 amide bonds. The van der Waals surface area contributed by atoms with E-state index in [1.807, 2.05) is 6.92 Å². The van der Waals surface area contributed by atoms with E-state index in [2.05, 4.69) is 20.6 Å². The summed E-state index contributed by atoms with van der Waals surface area (Å²) in [5.74, 6) is 0.621. The molecule has 0 bridgehead atoms. The summed E-state index contributed by atoms with van der Waals surface area (Å²) in [6.45, 7) is 4.76. The van der Waals surface area contributed by atoms with Gasteiger partial charge in [0.2, 0.25) is 0 Å². The van der Waals surface area contributed by atoms with E-state index in [1.54, 1.807) is 23.5 Å². The number of fused-ring (bicyclic) bond motifs is 1. The number of aryl methyl sites for hydroxylation is 1. The lowest BCUT2D eigenvalue weighted by atomic mass is 9.97. The number of piperidine rings is 1. The number of aromatic nitrogens is 1. The Morgan fingerprint density at radius 2 is 2.12 bits per heavy atom. The van der Waals surface area contributed by atoms with Crippen LogP contribution in [0.1, 0.15) is 36.6 Å². The maximum atomic E-state index is 13.6. The number of hydrogen-bond acceptors (Lipinski definition) is 5. The van der Waals surface area contributed by atoms with Crippen molar-refractivity contribution in [1.29, 1.82) is 0 Å². The van der Waals surface area contributed by atoms with Gasteiger partial charge in [-0.2, -0.15) is 0 Å². The maximum absolute atomic E-state index is 13.6. The van der Waals surface area contributed by atoms with E-state index >= 15 is 0 Å². The van der Waals surface area contributed by atoms with Gasteiger partial charge in [-0.1, -0.05) is 0 Å². The monoisotopic (exact) mass is 347 g/mol. The molecule has 1 unspecified atom stereocenters. The van der Waals surface area contributed by atoms with Gasteiger partial charge in [0.15, 0.2) is 5.13 Å². The van der Waals surface area contributed by atoms with Crippen LogP contribution in [-0.4, -0.2) is 30.7 Å². The molecule has 1 fully saturated rings. The number of thiazole rings is 1. The van der Waals surface area contributed by atoms with Crippen molar-refractivity contribution in [2.24, 2.45) is 0 Å². The topological polar surface area (TPSA) is 37.4 Å². The Hall–Kier alpha value is -1.66. The van der Waals surface area contributed by atoms with Crippen LogP contribution in [0, 0.1) is 12.7 Å². The van der Waals surface area contributed by atoms with Crippen molar-refractivity contribution in [3.8, 4) is 5.75 Å². The lowest BCUT2D eigenvalue weighted by Gasteiger charge is -2.36. The third-order valence-corrected chi connectivity index (χ3v) is 5.84. The summed E-state index contributed by atoms with van der Waals surface area (Å²) in [5.41, 5.74) is 2.05. The van der Waals surface area contributed by atoms with Crippen LogP contribution in [0.2, 0.25) is 0 Å². The summed E-state index contributed by atoms with van der Waals surface area (Å²) in [6.07, 6.45) is 3.06. The Bertz CT molecular complexity index is 712. The number of anilines is 1. The number of nitrogens with one attached hydrogen (secondary N) is 1. The molecule has 128 valence electrons. The molecular weight excluding hydrogens is 325 g/mol. The summed E-state index contributed by atoms with van der Waals surface area (Å²) in [5, 5.41) is 6.96. The summed E-state index contributed by atoms with van der Waals surface area (Å²) >= 11 is 1.72. The van der Waals surface area contributed by atoms with Gasteiger partial charge in [-0.05, 0) is 38.0 Å². The van der Waals surface area contributed by atoms with Crippen LogP contribution in [0.15, 0.2) is 23.6 Å². The first-order chi connectivity index (χ1) is 11.7. The molecule has 1 atom stereocenters. The first kappa shape index (κ1) is 15.8. The van der Waals surface area contributed by atoms with Gasteiger partial charge in [-0.25, -0.2) is 9.37 Å². The van der Waals surface area contributed by atoms with E-state index in [0.717, 1.165) is 54.5 Å². The quantitative estimate of drug-likeness (QED) is 0.919. The number of benzene rings is 1. The average molecular weight is 347 g/mol. The first-order valence-corrected chi connectivity index (χ1v) is 9.42. The van der Waals surface area contributed by atoms with Crippen molar-refractivity contribution in [2.45, 2.75) is 38.3 Å². The highest BCUT2D eigenvalue weighted by atomic mass is 32.1. The Kier molecular flexibility index (Phi) is 4.41. The lowest BCUT2D eigenvalue weighted by Crippen LogP contribution is -2.44. The highest BCUT2D eigenvalue weighted by Crippen LogP contribution is 2.33. The van der Waals surface area contributed by atoms with Crippen LogP contribution in [0.4, 0.5) is 9.52 Å². The number of hydrogen-bond donors (Lipinski definition) is 1. The van der Waals surface area contributed by atoms with Gasteiger partial charge in [-0.3, -0.25) is 0 Å². The van der Waals surface area contributed by atoms with Crippen LogP contribution < -0.4 is 15.0 Å². The van der Waals surface area contributed by atoms with Crippen LogP contribution >= 0.6 is 11.3 Å². The normalized spacial score (nSPS) is 21.4. The Morgan fingerprint density at radius 1 is 1.29 bits per heavy atom. The molecule has 24 heavy (non-hydrogen) atoms. The molecule has 4 rings (SSSR count). The van der Waals surface area contributed by atoms with Gasteiger partial charge in [0.1, 0.15) is 11.6 Å². The molecule has 4 nitrogen and oxygen atoms in total. The smallest absolute Gasteiger partial charge is 0.185 e. The molecule has 2 aromatic rings. The highest BCUT2D eigenvalue weighted by molar-refractivity contribution is 7.13. The van der Waals surface area contributed by atoms with Gasteiger partial charge in [0.25, 0.3) is 0 Å². The van der Waals surface area contributed by atoms with Crippen molar-refractivity contribution < 1.29 is 9.13 Å². The fourth-order valence-corrected chi connectivity index (χ4v) is 4.40. The van der Waals surface area contributed by atoms with Crippen molar-refractivity contribution in [2.75, 3.05) is 24.6 Å². The molecule has 1 aromatic heterocycles. The predicted octanol–water partition coefficient (Wildman–Crippen LogP) is 3.67. The van der Waals surface area contributed by atoms with Crippen molar-refractivity contribution >= 4 is 16.5 Å². The second-order valence-corrected chi connectivity index (χ2v) is 7.41. The van der Waals surface area contributed by atoms with Crippen LogP contribution in [-0.2, 0) is 0 Å². The largest absolute Gasteiger partial charge is 0.493 e. The first-order valence-electron chi connectivity index (χ1n) is 8.54. The summed E-state index contributed by atoms with van der Waals surface area (Å²) in [6, 6.07) is 5.46. The van der Waals surface area contributed by atoms with Crippen LogP contribution in [0.5, 0.6) is 5.75 Å². The van der Waals surface area contributed by atoms with Crippen molar-refractivity contribution in [1.82, 2.24) is 10.3 Å².